The molecule has 4 atom stereocenters. The number of hydrogen-bond donors (Lipinski definition) is 2. The fourth-order valence-electron chi connectivity index (χ4n) is 5.07. The molecule has 9 nitrogen and oxygen atoms in total. The number of alkyl halides is 3. The van der Waals surface area contributed by atoms with Crippen molar-refractivity contribution in [3.63, 3.8) is 0 Å². The molecule has 3 rings (SSSR count). The summed E-state index contributed by atoms with van der Waals surface area (Å²) in [7, 11) is 1.44. The number of aliphatic hydroxyl groups excluding tert-OH is 1. The van der Waals surface area contributed by atoms with Crippen molar-refractivity contribution in [3.05, 3.63) is 59.7 Å². The Morgan fingerprint density at radius 2 is 1.84 bits per heavy atom. The summed E-state index contributed by atoms with van der Waals surface area (Å²) in [5.74, 6) is -1.46. The molecule has 45 heavy (non-hydrogen) atoms. The molecule has 0 aliphatic carbocycles. The van der Waals surface area contributed by atoms with Gasteiger partial charge in [0, 0.05) is 50.3 Å². The first-order valence-corrected chi connectivity index (χ1v) is 15.3. The van der Waals surface area contributed by atoms with Crippen molar-refractivity contribution < 1.29 is 42.1 Å². The van der Waals surface area contributed by atoms with Crippen molar-refractivity contribution in [2.24, 2.45) is 5.92 Å². The highest BCUT2D eigenvalue weighted by Crippen LogP contribution is 2.29. The van der Waals surface area contributed by atoms with Crippen LogP contribution in [0.25, 0.3) is 0 Å². The first-order chi connectivity index (χ1) is 21.3. The maximum absolute atomic E-state index is 14.2. The molecule has 0 saturated heterocycles. The number of nitrogens with one attached hydrogen (secondary N) is 1. The molecular weight excluding hydrogens is 591 g/mol. The van der Waals surface area contributed by atoms with Gasteiger partial charge in [0.2, 0.25) is 5.91 Å². The molecule has 3 amide bonds. The van der Waals surface area contributed by atoms with Crippen molar-refractivity contribution >= 4 is 23.4 Å². The lowest BCUT2D eigenvalue weighted by Crippen LogP contribution is -2.48. The number of hydrogen-bond acceptors (Lipinski definition) is 6. The number of benzene rings is 2. The average Bonchev–Trinajstić information content (AvgIpc) is 3.01. The largest absolute Gasteiger partial charge is 0.490 e. The third-order valence-electron chi connectivity index (χ3n) is 7.85. The highest BCUT2D eigenvalue weighted by Gasteiger charge is 2.32. The molecule has 0 saturated carbocycles. The summed E-state index contributed by atoms with van der Waals surface area (Å²) in [4.78, 5) is 42.3. The quantitative estimate of drug-likeness (QED) is 0.395. The molecule has 2 N–H and O–H groups in total. The second kappa shape index (κ2) is 16.6. The van der Waals surface area contributed by atoms with Crippen LogP contribution < -0.4 is 10.1 Å². The predicted molar refractivity (Wildman–Crippen MR) is 164 cm³/mol. The molecule has 0 bridgehead atoms. The zero-order valence-corrected chi connectivity index (χ0v) is 26.3. The molecule has 248 valence electrons. The van der Waals surface area contributed by atoms with Gasteiger partial charge < -0.3 is 29.7 Å². The van der Waals surface area contributed by atoms with Gasteiger partial charge in [-0.05, 0) is 63.4 Å². The fraction of sp³-hybridized carbons (Fsp3) is 0.545. The van der Waals surface area contributed by atoms with Crippen LogP contribution in [-0.2, 0) is 9.53 Å². The standard InChI is InChI=1S/C33H44F3N3O6/c1-22-19-39(23(2)21-40)32(43)27-18-26(37-31(42)25-11-6-5-7-12-25)13-14-28(27)45-24(3)10-8-9-17-44-29(22)20-38(4)30(41)15-16-33(34,35)36/h5-7,11-14,18,22-24,29,40H,8-10,15-17,19-21H2,1-4H3,(H,37,42)/t22-,23-,24-,29-/m0/s1. The minimum Gasteiger partial charge on any atom is -0.490 e. The third-order valence-corrected chi connectivity index (χ3v) is 7.85. The van der Waals surface area contributed by atoms with E-state index >= 15 is 0 Å². The molecule has 1 aliphatic heterocycles. The molecule has 12 heteroatoms. The van der Waals surface area contributed by atoms with Gasteiger partial charge in [0.15, 0.2) is 0 Å². The summed E-state index contributed by atoms with van der Waals surface area (Å²) in [6, 6.07) is 12.9. The highest BCUT2D eigenvalue weighted by molar-refractivity contribution is 6.05. The molecule has 0 radical (unpaired) electrons. The summed E-state index contributed by atoms with van der Waals surface area (Å²) >= 11 is 0. The van der Waals surface area contributed by atoms with E-state index in [0.717, 1.165) is 6.42 Å². The Labute approximate surface area is 262 Å². The smallest absolute Gasteiger partial charge is 0.389 e. The predicted octanol–water partition coefficient (Wildman–Crippen LogP) is 5.54. The topological polar surface area (TPSA) is 108 Å². The summed E-state index contributed by atoms with van der Waals surface area (Å²) in [5.41, 5.74) is 1.04. The number of anilines is 1. The Balaban J connectivity index is 1.91. The average molecular weight is 636 g/mol. The van der Waals surface area contributed by atoms with Gasteiger partial charge in [-0.25, -0.2) is 0 Å². The monoisotopic (exact) mass is 635 g/mol. The second-order valence-corrected chi connectivity index (χ2v) is 11.7. The first-order valence-electron chi connectivity index (χ1n) is 15.3. The maximum Gasteiger partial charge on any atom is 0.389 e. The van der Waals surface area contributed by atoms with E-state index in [2.05, 4.69) is 5.32 Å². The molecule has 0 aromatic heterocycles. The minimum absolute atomic E-state index is 0.0408. The number of likely N-dealkylation sites (N-methyl/N-ethyl adjacent to an activating group) is 1. The molecule has 1 aliphatic rings. The number of nitrogens with zero attached hydrogens (tertiary/aromatic N) is 2. The zero-order valence-electron chi connectivity index (χ0n) is 26.3. The lowest BCUT2D eigenvalue weighted by atomic mass is 10.0. The van der Waals surface area contributed by atoms with Crippen LogP contribution in [0.5, 0.6) is 5.75 Å². The van der Waals surface area contributed by atoms with E-state index in [1.54, 1.807) is 55.5 Å². The van der Waals surface area contributed by atoms with Crippen LogP contribution in [0.4, 0.5) is 18.9 Å². The fourth-order valence-corrected chi connectivity index (χ4v) is 5.07. The normalized spacial score (nSPS) is 20.8. The highest BCUT2D eigenvalue weighted by atomic mass is 19.4. The van der Waals surface area contributed by atoms with E-state index in [9.17, 15) is 32.7 Å². The summed E-state index contributed by atoms with van der Waals surface area (Å²) in [6.07, 6.45) is -5.03. The van der Waals surface area contributed by atoms with Crippen LogP contribution in [-0.4, -0.2) is 90.4 Å². The number of carbonyl (C=O) groups is 3. The van der Waals surface area contributed by atoms with Crippen LogP contribution in [0, 0.1) is 5.92 Å². The third kappa shape index (κ3) is 11.0. The van der Waals surface area contributed by atoms with E-state index in [-0.39, 0.29) is 43.2 Å². The van der Waals surface area contributed by atoms with Crippen molar-refractivity contribution in [1.82, 2.24) is 9.80 Å². The summed E-state index contributed by atoms with van der Waals surface area (Å²) in [6.45, 7) is 5.61. The molecule has 0 spiro atoms. The molecule has 2 aromatic rings. The summed E-state index contributed by atoms with van der Waals surface area (Å²) < 4.78 is 50.5. The lowest BCUT2D eigenvalue weighted by molar-refractivity contribution is -0.149. The molecule has 1 heterocycles. The lowest BCUT2D eigenvalue weighted by Gasteiger charge is -2.36. The van der Waals surface area contributed by atoms with E-state index in [0.29, 0.717) is 36.4 Å². The Bertz CT molecular complexity index is 1280. The minimum atomic E-state index is -4.44. The van der Waals surface area contributed by atoms with Gasteiger partial charge in [-0.1, -0.05) is 25.1 Å². The number of carbonyl (C=O) groups excluding carboxylic acids is 3. The van der Waals surface area contributed by atoms with Gasteiger partial charge in [-0.3, -0.25) is 14.4 Å². The van der Waals surface area contributed by atoms with Gasteiger partial charge in [0.05, 0.1) is 36.8 Å². The Morgan fingerprint density at radius 3 is 2.51 bits per heavy atom. The number of halogens is 3. The van der Waals surface area contributed by atoms with Crippen molar-refractivity contribution in [3.8, 4) is 5.75 Å². The number of ether oxygens (including phenoxy) is 2. The Kier molecular flexibility index (Phi) is 13.2. The maximum atomic E-state index is 14.2. The van der Waals surface area contributed by atoms with Gasteiger partial charge in [0.25, 0.3) is 11.8 Å². The molecular formula is C33H44F3N3O6. The van der Waals surface area contributed by atoms with Crippen LogP contribution >= 0.6 is 0 Å². The molecule has 0 unspecified atom stereocenters. The Morgan fingerprint density at radius 1 is 1.13 bits per heavy atom. The first kappa shape index (κ1) is 35.8. The number of aliphatic hydroxyl groups is 1. The van der Waals surface area contributed by atoms with Crippen LogP contribution in [0.3, 0.4) is 0 Å². The van der Waals surface area contributed by atoms with E-state index in [4.69, 9.17) is 9.47 Å². The van der Waals surface area contributed by atoms with E-state index in [1.807, 2.05) is 13.8 Å². The second-order valence-electron chi connectivity index (χ2n) is 11.7. The SMILES string of the molecule is C[C@H]1CCCCO[C@@H](CN(C)C(=O)CCC(F)(F)F)[C@@H](C)CN([C@@H](C)CO)C(=O)c2cc(NC(=O)c3ccccc3)ccc2O1. The molecule has 2 aromatic carbocycles. The number of amides is 3. The Hall–Kier alpha value is -3.64. The van der Waals surface area contributed by atoms with Crippen molar-refractivity contribution in [1.29, 1.82) is 0 Å². The number of rotatable bonds is 8. The molecule has 0 fully saturated rings. The van der Waals surface area contributed by atoms with Gasteiger partial charge in [0.1, 0.15) is 5.75 Å². The van der Waals surface area contributed by atoms with Gasteiger partial charge in [-0.2, -0.15) is 13.2 Å². The van der Waals surface area contributed by atoms with Gasteiger partial charge >= 0.3 is 6.18 Å². The summed E-state index contributed by atoms with van der Waals surface area (Å²) in [5, 5.41) is 12.9. The number of fused-ring (bicyclic) bond motifs is 1. The van der Waals surface area contributed by atoms with Gasteiger partial charge in [-0.15, -0.1) is 0 Å². The van der Waals surface area contributed by atoms with Crippen molar-refractivity contribution in [2.45, 2.75) is 77.3 Å². The zero-order chi connectivity index (χ0) is 33.1. The van der Waals surface area contributed by atoms with Crippen molar-refractivity contribution in [2.75, 3.05) is 38.7 Å². The van der Waals surface area contributed by atoms with Crippen LogP contribution in [0.2, 0.25) is 0 Å². The van der Waals surface area contributed by atoms with E-state index < -0.39 is 43.0 Å². The van der Waals surface area contributed by atoms with Crippen LogP contribution in [0.15, 0.2) is 48.5 Å². The van der Waals surface area contributed by atoms with Crippen LogP contribution in [0.1, 0.15) is 73.6 Å². The van der Waals surface area contributed by atoms with E-state index in [1.165, 1.54) is 16.8 Å².